The number of aromatic nitrogens is 2. The van der Waals surface area contributed by atoms with Crippen molar-refractivity contribution in [3.63, 3.8) is 0 Å². The fraction of sp³-hybridized carbons (Fsp3) is 0.333. The lowest BCUT2D eigenvalue weighted by atomic mass is 10.2. The number of para-hydroxylation sites is 1. The number of imidazole rings is 1. The zero-order chi connectivity index (χ0) is 12.6. The van der Waals surface area contributed by atoms with Crippen LogP contribution in [0.1, 0.15) is 18.5 Å². The van der Waals surface area contributed by atoms with Crippen molar-refractivity contribution in [2.24, 2.45) is 0 Å². The number of nitrogens with zero attached hydrogens (tertiary/aromatic N) is 1. The Morgan fingerprint density at radius 3 is 2.88 bits per heavy atom. The van der Waals surface area contributed by atoms with Gasteiger partial charge in [-0.15, -0.1) is 0 Å². The molecule has 1 unspecified atom stereocenters. The molecule has 1 heterocycles. The van der Waals surface area contributed by atoms with Gasteiger partial charge >= 0.3 is 0 Å². The number of aryl methyl sites for hydroxylation is 1. The molecule has 0 radical (unpaired) electrons. The quantitative estimate of drug-likeness (QED) is 0.802. The predicted octanol–water partition coefficient (Wildman–Crippen LogP) is 2.31. The van der Waals surface area contributed by atoms with Crippen LogP contribution in [-0.4, -0.2) is 22.5 Å². The van der Waals surface area contributed by atoms with Gasteiger partial charge in [0.25, 0.3) is 0 Å². The number of aromatic amines is 1. The van der Waals surface area contributed by atoms with E-state index in [1.807, 2.05) is 36.6 Å². The molecule has 90 valence electrons. The summed E-state index contributed by atoms with van der Waals surface area (Å²) in [7, 11) is 1.63. The number of carbonyl (C=O) groups is 1. The molecule has 0 aliphatic rings. The standard InChI is InChI=1S/C12H15N3OS/c1-7-5-4-6-9-10(7)14-12(17)15(9)8(2)11(16)13-3/h4-6,8H,1-3H3,(H,13,16)(H,14,17). The number of likely N-dealkylation sites (N-methyl/N-ethyl adjacent to an activating group) is 1. The summed E-state index contributed by atoms with van der Waals surface area (Å²) in [6.45, 7) is 3.85. The Morgan fingerprint density at radius 2 is 2.24 bits per heavy atom. The van der Waals surface area contributed by atoms with Gasteiger partial charge in [-0.05, 0) is 37.7 Å². The molecule has 0 saturated heterocycles. The number of amides is 1. The van der Waals surface area contributed by atoms with E-state index >= 15 is 0 Å². The fourth-order valence-electron chi connectivity index (χ4n) is 2.00. The number of hydrogen-bond acceptors (Lipinski definition) is 2. The Morgan fingerprint density at radius 1 is 1.53 bits per heavy atom. The van der Waals surface area contributed by atoms with E-state index in [9.17, 15) is 4.79 Å². The minimum absolute atomic E-state index is 0.0523. The van der Waals surface area contributed by atoms with Crippen molar-refractivity contribution < 1.29 is 4.79 Å². The maximum Gasteiger partial charge on any atom is 0.242 e. The first-order chi connectivity index (χ1) is 8.06. The minimum atomic E-state index is -0.317. The maximum atomic E-state index is 11.7. The molecule has 1 atom stereocenters. The van der Waals surface area contributed by atoms with Crippen LogP contribution in [0.2, 0.25) is 0 Å². The molecule has 0 bridgehead atoms. The summed E-state index contributed by atoms with van der Waals surface area (Å²) in [4.78, 5) is 14.9. The van der Waals surface area contributed by atoms with Crippen LogP contribution in [0.4, 0.5) is 0 Å². The summed E-state index contributed by atoms with van der Waals surface area (Å²) in [6, 6.07) is 5.63. The van der Waals surface area contributed by atoms with E-state index in [0.29, 0.717) is 4.77 Å². The van der Waals surface area contributed by atoms with Crippen LogP contribution in [0.15, 0.2) is 18.2 Å². The molecule has 0 fully saturated rings. The number of rotatable bonds is 2. The van der Waals surface area contributed by atoms with Gasteiger partial charge in [-0.25, -0.2) is 0 Å². The van der Waals surface area contributed by atoms with E-state index in [1.54, 1.807) is 7.05 Å². The smallest absolute Gasteiger partial charge is 0.242 e. The molecule has 2 N–H and O–H groups in total. The Kier molecular flexibility index (Phi) is 3.02. The van der Waals surface area contributed by atoms with Crippen molar-refractivity contribution >= 4 is 29.2 Å². The Labute approximate surface area is 105 Å². The van der Waals surface area contributed by atoms with Gasteiger partial charge in [0, 0.05) is 7.05 Å². The van der Waals surface area contributed by atoms with E-state index in [0.717, 1.165) is 16.6 Å². The predicted molar refractivity (Wildman–Crippen MR) is 70.6 cm³/mol. The van der Waals surface area contributed by atoms with Crippen molar-refractivity contribution in [1.82, 2.24) is 14.9 Å². The molecule has 4 nitrogen and oxygen atoms in total. The highest BCUT2D eigenvalue weighted by Crippen LogP contribution is 2.21. The van der Waals surface area contributed by atoms with Crippen LogP contribution in [0, 0.1) is 11.7 Å². The van der Waals surface area contributed by atoms with Crippen molar-refractivity contribution in [2.75, 3.05) is 7.05 Å². The molecule has 1 aromatic heterocycles. The lowest BCUT2D eigenvalue weighted by Crippen LogP contribution is -2.27. The number of carbonyl (C=O) groups excluding carboxylic acids is 1. The van der Waals surface area contributed by atoms with Crippen LogP contribution in [0.25, 0.3) is 11.0 Å². The van der Waals surface area contributed by atoms with E-state index in [4.69, 9.17) is 12.2 Å². The van der Waals surface area contributed by atoms with Gasteiger partial charge in [-0.2, -0.15) is 0 Å². The van der Waals surface area contributed by atoms with Gasteiger partial charge in [0.2, 0.25) is 5.91 Å². The van der Waals surface area contributed by atoms with Gasteiger partial charge in [0.1, 0.15) is 6.04 Å². The average molecular weight is 249 g/mol. The number of H-pyrrole nitrogens is 1. The summed E-state index contributed by atoms with van der Waals surface area (Å²) in [5, 5.41) is 2.64. The first-order valence-electron chi connectivity index (χ1n) is 5.47. The van der Waals surface area contributed by atoms with Gasteiger partial charge < -0.3 is 14.9 Å². The van der Waals surface area contributed by atoms with Gasteiger partial charge in [-0.1, -0.05) is 12.1 Å². The van der Waals surface area contributed by atoms with E-state index < -0.39 is 0 Å². The zero-order valence-corrected chi connectivity index (χ0v) is 10.9. The maximum absolute atomic E-state index is 11.7. The highest BCUT2D eigenvalue weighted by molar-refractivity contribution is 7.71. The lowest BCUT2D eigenvalue weighted by Gasteiger charge is -2.12. The van der Waals surface area contributed by atoms with Crippen molar-refractivity contribution in [3.05, 3.63) is 28.5 Å². The Hall–Kier alpha value is -1.62. The highest BCUT2D eigenvalue weighted by atomic mass is 32.1. The lowest BCUT2D eigenvalue weighted by molar-refractivity contribution is -0.123. The zero-order valence-electron chi connectivity index (χ0n) is 10.1. The summed E-state index contributed by atoms with van der Waals surface area (Å²) in [6.07, 6.45) is 0. The van der Waals surface area contributed by atoms with Crippen molar-refractivity contribution in [3.8, 4) is 0 Å². The van der Waals surface area contributed by atoms with Crippen molar-refractivity contribution in [2.45, 2.75) is 19.9 Å². The van der Waals surface area contributed by atoms with Crippen LogP contribution in [0.5, 0.6) is 0 Å². The Bertz CT molecular complexity index is 626. The van der Waals surface area contributed by atoms with Crippen LogP contribution in [-0.2, 0) is 4.79 Å². The number of nitrogens with one attached hydrogen (secondary N) is 2. The topological polar surface area (TPSA) is 49.8 Å². The monoisotopic (exact) mass is 249 g/mol. The molecule has 2 rings (SSSR count). The van der Waals surface area contributed by atoms with E-state index in [1.165, 1.54) is 0 Å². The fourth-order valence-corrected chi connectivity index (χ4v) is 2.36. The molecule has 0 saturated carbocycles. The largest absolute Gasteiger partial charge is 0.357 e. The number of fused-ring (bicyclic) bond motifs is 1. The van der Waals surface area contributed by atoms with Crippen LogP contribution >= 0.6 is 12.2 Å². The second-order valence-corrected chi connectivity index (χ2v) is 4.45. The Balaban J connectivity index is 2.70. The minimum Gasteiger partial charge on any atom is -0.357 e. The molecule has 1 amide bonds. The summed E-state index contributed by atoms with van der Waals surface area (Å²) >= 11 is 5.28. The third-order valence-electron chi connectivity index (χ3n) is 2.97. The second-order valence-electron chi connectivity index (χ2n) is 4.06. The second kappa shape index (κ2) is 4.33. The van der Waals surface area contributed by atoms with E-state index in [-0.39, 0.29) is 11.9 Å². The molecule has 2 aromatic rings. The summed E-state index contributed by atoms with van der Waals surface area (Å²) in [5.41, 5.74) is 3.08. The SMILES string of the molecule is CNC(=O)C(C)n1c(=S)[nH]c2c(C)cccc21. The molecule has 0 spiro atoms. The molecule has 1 aromatic carbocycles. The van der Waals surface area contributed by atoms with Crippen LogP contribution < -0.4 is 5.32 Å². The molecule has 0 aliphatic carbocycles. The van der Waals surface area contributed by atoms with Gasteiger partial charge in [0.05, 0.1) is 11.0 Å². The molecule has 17 heavy (non-hydrogen) atoms. The molecule has 0 aliphatic heterocycles. The number of benzene rings is 1. The first kappa shape index (κ1) is 11.9. The number of hydrogen-bond donors (Lipinski definition) is 2. The molecule has 5 heteroatoms. The first-order valence-corrected chi connectivity index (χ1v) is 5.88. The van der Waals surface area contributed by atoms with Crippen molar-refractivity contribution in [1.29, 1.82) is 0 Å². The summed E-state index contributed by atoms with van der Waals surface area (Å²) in [5.74, 6) is -0.0523. The van der Waals surface area contributed by atoms with E-state index in [2.05, 4.69) is 10.3 Å². The van der Waals surface area contributed by atoms with Crippen LogP contribution in [0.3, 0.4) is 0 Å². The van der Waals surface area contributed by atoms with Gasteiger partial charge in [0.15, 0.2) is 4.77 Å². The normalized spacial score (nSPS) is 12.6. The van der Waals surface area contributed by atoms with Gasteiger partial charge in [-0.3, -0.25) is 4.79 Å². The molecular weight excluding hydrogens is 234 g/mol. The third-order valence-corrected chi connectivity index (χ3v) is 3.27. The third kappa shape index (κ3) is 1.86. The summed E-state index contributed by atoms with van der Waals surface area (Å²) < 4.78 is 2.42. The molecular formula is C12H15N3OS. The average Bonchev–Trinajstić information content (AvgIpc) is 2.65. The highest BCUT2D eigenvalue weighted by Gasteiger charge is 2.17.